The van der Waals surface area contributed by atoms with Crippen molar-refractivity contribution in [3.8, 4) is 5.75 Å². The van der Waals surface area contributed by atoms with E-state index in [0.29, 0.717) is 6.61 Å². The molecule has 1 heterocycles. The van der Waals surface area contributed by atoms with Crippen LogP contribution in [0.25, 0.3) is 10.9 Å². The fourth-order valence-electron chi connectivity index (χ4n) is 2.65. The van der Waals surface area contributed by atoms with Crippen molar-refractivity contribution in [1.82, 2.24) is 4.98 Å². The van der Waals surface area contributed by atoms with Crippen molar-refractivity contribution in [2.24, 2.45) is 0 Å². The van der Waals surface area contributed by atoms with Crippen LogP contribution in [-0.2, 0) is 22.6 Å². The van der Waals surface area contributed by atoms with Gasteiger partial charge < -0.3 is 14.5 Å². The highest BCUT2D eigenvalue weighted by atomic mass is 16.5. The summed E-state index contributed by atoms with van der Waals surface area (Å²) < 4.78 is 10.6. The molecule has 2 aromatic carbocycles. The number of aromatic amines is 1. The third-order valence-corrected chi connectivity index (χ3v) is 3.89. The molecule has 0 aliphatic rings. The number of ether oxygens (including phenoxy) is 2. The highest BCUT2D eigenvalue weighted by Gasteiger charge is 2.14. The Bertz CT molecular complexity index is 821. The van der Waals surface area contributed by atoms with Crippen LogP contribution >= 0.6 is 0 Å². The van der Waals surface area contributed by atoms with Crippen molar-refractivity contribution in [3.63, 3.8) is 0 Å². The van der Waals surface area contributed by atoms with E-state index in [1.807, 2.05) is 55.5 Å². The number of carbonyl (C=O) groups excluding carboxylic acids is 1. The fraction of sp³-hybridized carbons (Fsp3) is 0.211. The molecule has 0 saturated heterocycles. The van der Waals surface area contributed by atoms with Gasteiger partial charge in [0.25, 0.3) is 0 Å². The molecule has 0 fully saturated rings. The normalized spacial score (nSPS) is 10.7. The highest BCUT2D eigenvalue weighted by molar-refractivity contribution is 5.89. The molecular formula is C19H19NO3. The average Bonchev–Trinajstić information content (AvgIpc) is 2.89. The number of hydrogen-bond acceptors (Lipinski definition) is 3. The van der Waals surface area contributed by atoms with E-state index in [1.165, 1.54) is 0 Å². The number of aromatic nitrogens is 1. The van der Waals surface area contributed by atoms with Gasteiger partial charge in [-0.15, -0.1) is 0 Å². The minimum absolute atomic E-state index is 0.235. The molecule has 0 amide bonds. The largest absolute Gasteiger partial charge is 0.497 e. The van der Waals surface area contributed by atoms with E-state index in [0.717, 1.165) is 33.5 Å². The number of benzene rings is 2. The van der Waals surface area contributed by atoms with Crippen molar-refractivity contribution in [2.75, 3.05) is 7.11 Å². The third kappa shape index (κ3) is 3.37. The van der Waals surface area contributed by atoms with Crippen LogP contribution in [0.5, 0.6) is 5.75 Å². The first-order valence-corrected chi connectivity index (χ1v) is 7.52. The monoisotopic (exact) mass is 309 g/mol. The molecule has 0 radical (unpaired) electrons. The minimum Gasteiger partial charge on any atom is -0.497 e. The lowest BCUT2D eigenvalue weighted by molar-refractivity contribution is -0.144. The Labute approximate surface area is 135 Å². The summed E-state index contributed by atoms with van der Waals surface area (Å²) >= 11 is 0. The Hall–Kier alpha value is -2.75. The van der Waals surface area contributed by atoms with Gasteiger partial charge in [0.2, 0.25) is 0 Å². The summed E-state index contributed by atoms with van der Waals surface area (Å²) in [6.07, 6.45) is 0.242. The summed E-state index contributed by atoms with van der Waals surface area (Å²) in [6.45, 7) is 2.26. The SMILES string of the molecule is COc1ccc2[nH]c(C)c(CC(=O)OCc3ccccc3)c2c1. The first-order chi connectivity index (χ1) is 11.2. The second kappa shape index (κ2) is 6.57. The number of methoxy groups -OCH3 is 1. The second-order valence-electron chi connectivity index (χ2n) is 5.46. The van der Waals surface area contributed by atoms with Gasteiger partial charge in [-0.2, -0.15) is 0 Å². The summed E-state index contributed by atoms with van der Waals surface area (Å²) in [5, 5.41) is 0.999. The first kappa shape index (κ1) is 15.2. The number of hydrogen-bond donors (Lipinski definition) is 1. The predicted molar refractivity (Wildman–Crippen MR) is 89.5 cm³/mol. The van der Waals surface area contributed by atoms with Gasteiger partial charge >= 0.3 is 5.97 Å². The van der Waals surface area contributed by atoms with Crippen LogP contribution in [0, 0.1) is 6.92 Å². The maximum atomic E-state index is 12.2. The topological polar surface area (TPSA) is 51.3 Å². The molecule has 0 bridgehead atoms. The van der Waals surface area contributed by atoms with Crippen LogP contribution in [0.2, 0.25) is 0 Å². The van der Waals surface area contributed by atoms with E-state index in [1.54, 1.807) is 7.11 Å². The van der Waals surface area contributed by atoms with Gasteiger partial charge in [-0.3, -0.25) is 4.79 Å². The number of carbonyl (C=O) groups is 1. The molecule has 0 aliphatic carbocycles. The van der Waals surface area contributed by atoms with Crippen molar-refractivity contribution in [3.05, 3.63) is 65.4 Å². The van der Waals surface area contributed by atoms with Gasteiger partial charge in [0.15, 0.2) is 0 Å². The van der Waals surface area contributed by atoms with Gasteiger partial charge in [0.05, 0.1) is 13.5 Å². The molecule has 1 aromatic heterocycles. The Morgan fingerprint density at radius 3 is 2.65 bits per heavy atom. The Balaban J connectivity index is 1.75. The average molecular weight is 309 g/mol. The van der Waals surface area contributed by atoms with Crippen LogP contribution in [0.3, 0.4) is 0 Å². The van der Waals surface area contributed by atoms with Crippen molar-refractivity contribution in [2.45, 2.75) is 20.0 Å². The summed E-state index contributed by atoms with van der Waals surface area (Å²) in [7, 11) is 1.63. The van der Waals surface area contributed by atoms with E-state index >= 15 is 0 Å². The van der Waals surface area contributed by atoms with Crippen LogP contribution in [-0.4, -0.2) is 18.1 Å². The maximum absolute atomic E-state index is 12.2. The summed E-state index contributed by atoms with van der Waals surface area (Å²) in [4.78, 5) is 15.5. The van der Waals surface area contributed by atoms with E-state index in [4.69, 9.17) is 9.47 Å². The fourth-order valence-corrected chi connectivity index (χ4v) is 2.65. The van der Waals surface area contributed by atoms with Gasteiger partial charge in [-0.05, 0) is 36.2 Å². The standard InChI is InChI=1S/C19H19NO3/c1-13-16(17-10-15(22-2)8-9-18(17)20-13)11-19(21)23-12-14-6-4-3-5-7-14/h3-10,20H,11-12H2,1-2H3. The molecule has 118 valence electrons. The molecule has 3 rings (SSSR count). The van der Waals surface area contributed by atoms with Crippen LogP contribution < -0.4 is 4.74 Å². The summed E-state index contributed by atoms with van der Waals surface area (Å²) in [5.41, 5.74) is 3.91. The van der Waals surface area contributed by atoms with Crippen molar-refractivity contribution >= 4 is 16.9 Å². The van der Waals surface area contributed by atoms with Crippen molar-refractivity contribution in [1.29, 1.82) is 0 Å². The highest BCUT2D eigenvalue weighted by Crippen LogP contribution is 2.27. The number of nitrogens with one attached hydrogen (secondary N) is 1. The van der Waals surface area contributed by atoms with Gasteiger partial charge in [-0.1, -0.05) is 30.3 Å². The molecule has 4 heteroatoms. The summed E-state index contributed by atoms with van der Waals surface area (Å²) in [6, 6.07) is 15.5. The lowest BCUT2D eigenvalue weighted by Crippen LogP contribution is -2.08. The minimum atomic E-state index is -0.235. The number of aryl methyl sites for hydroxylation is 1. The smallest absolute Gasteiger partial charge is 0.310 e. The Morgan fingerprint density at radius 1 is 1.13 bits per heavy atom. The zero-order valence-electron chi connectivity index (χ0n) is 13.3. The Kier molecular flexibility index (Phi) is 4.33. The van der Waals surface area contributed by atoms with Crippen molar-refractivity contribution < 1.29 is 14.3 Å². The first-order valence-electron chi connectivity index (χ1n) is 7.52. The molecule has 0 saturated carbocycles. The molecular weight excluding hydrogens is 290 g/mol. The van der Waals surface area contributed by atoms with Crippen LogP contribution in [0.15, 0.2) is 48.5 Å². The number of esters is 1. The van der Waals surface area contributed by atoms with Gasteiger partial charge in [0.1, 0.15) is 12.4 Å². The lowest BCUT2D eigenvalue weighted by Gasteiger charge is -2.06. The van der Waals surface area contributed by atoms with Crippen LogP contribution in [0.4, 0.5) is 0 Å². The molecule has 4 nitrogen and oxygen atoms in total. The molecule has 23 heavy (non-hydrogen) atoms. The molecule has 0 spiro atoms. The van der Waals surface area contributed by atoms with E-state index in [-0.39, 0.29) is 12.4 Å². The predicted octanol–water partition coefficient (Wildman–Crippen LogP) is 3.77. The van der Waals surface area contributed by atoms with Gasteiger partial charge in [-0.25, -0.2) is 0 Å². The molecule has 0 aliphatic heterocycles. The lowest BCUT2D eigenvalue weighted by atomic mass is 10.1. The maximum Gasteiger partial charge on any atom is 0.310 e. The van der Waals surface area contributed by atoms with E-state index in [9.17, 15) is 4.79 Å². The molecule has 0 unspecified atom stereocenters. The molecule has 3 aromatic rings. The quantitative estimate of drug-likeness (QED) is 0.730. The number of H-pyrrole nitrogens is 1. The summed E-state index contributed by atoms with van der Waals surface area (Å²) in [5.74, 6) is 0.538. The van der Waals surface area contributed by atoms with Crippen LogP contribution in [0.1, 0.15) is 16.8 Å². The number of fused-ring (bicyclic) bond motifs is 1. The zero-order chi connectivity index (χ0) is 16.2. The van der Waals surface area contributed by atoms with E-state index in [2.05, 4.69) is 4.98 Å². The number of rotatable bonds is 5. The van der Waals surface area contributed by atoms with Gasteiger partial charge in [0, 0.05) is 16.6 Å². The third-order valence-electron chi connectivity index (χ3n) is 3.89. The second-order valence-corrected chi connectivity index (χ2v) is 5.46. The van der Waals surface area contributed by atoms with E-state index < -0.39 is 0 Å². The molecule has 1 N–H and O–H groups in total. The Morgan fingerprint density at radius 2 is 1.91 bits per heavy atom. The zero-order valence-corrected chi connectivity index (χ0v) is 13.3. The molecule has 0 atom stereocenters.